The average Bonchev–Trinajstić information content (AvgIpc) is 2.75. The highest BCUT2D eigenvalue weighted by molar-refractivity contribution is 6.30. The van der Waals surface area contributed by atoms with Gasteiger partial charge in [-0.05, 0) is 56.6 Å². The van der Waals surface area contributed by atoms with E-state index >= 15 is 0 Å². The number of rotatable bonds is 6. The summed E-state index contributed by atoms with van der Waals surface area (Å²) in [6, 6.07) is 7.45. The molecule has 4 heteroatoms. The number of hydrogen-bond donors (Lipinski definition) is 1. The second-order valence-electron chi connectivity index (χ2n) is 5.76. The fourth-order valence-electron chi connectivity index (χ4n) is 2.74. The number of likely N-dealkylation sites (tertiary alicyclic amines) is 1. The Kier molecular flexibility index (Phi) is 7.04. The van der Waals surface area contributed by atoms with Crippen LogP contribution in [0.15, 0.2) is 24.3 Å². The van der Waals surface area contributed by atoms with Gasteiger partial charge in [-0.2, -0.15) is 0 Å². The third kappa shape index (κ3) is 6.49. The number of amides is 1. The number of nitrogens with zero attached hydrogens (tertiary/aromatic N) is 1. The molecule has 1 aromatic rings. The molecule has 1 aliphatic heterocycles. The summed E-state index contributed by atoms with van der Waals surface area (Å²) < 4.78 is 0. The minimum atomic E-state index is 0.0909. The van der Waals surface area contributed by atoms with Crippen molar-refractivity contribution in [1.82, 2.24) is 10.2 Å². The lowest BCUT2D eigenvalue weighted by Gasteiger charge is -2.19. The van der Waals surface area contributed by atoms with Crippen molar-refractivity contribution in [3.63, 3.8) is 0 Å². The Labute approximate surface area is 132 Å². The molecule has 21 heavy (non-hydrogen) atoms. The molecular formula is C17H25ClN2O. The van der Waals surface area contributed by atoms with Crippen molar-refractivity contribution in [3.05, 3.63) is 34.9 Å². The fraction of sp³-hybridized carbons (Fsp3) is 0.588. The van der Waals surface area contributed by atoms with Crippen LogP contribution >= 0.6 is 11.6 Å². The first kappa shape index (κ1) is 16.3. The van der Waals surface area contributed by atoms with Crippen molar-refractivity contribution < 1.29 is 4.79 Å². The third-order valence-corrected chi connectivity index (χ3v) is 4.20. The van der Waals surface area contributed by atoms with E-state index in [-0.39, 0.29) is 5.91 Å². The maximum Gasteiger partial charge on any atom is 0.224 e. The van der Waals surface area contributed by atoms with Gasteiger partial charge < -0.3 is 10.2 Å². The molecular weight excluding hydrogens is 284 g/mol. The van der Waals surface area contributed by atoms with Crippen LogP contribution in [0.5, 0.6) is 0 Å². The van der Waals surface area contributed by atoms with Gasteiger partial charge in [-0.1, -0.05) is 36.6 Å². The number of benzene rings is 1. The van der Waals surface area contributed by atoms with Crippen LogP contribution in [0.1, 0.15) is 37.7 Å². The fourth-order valence-corrected chi connectivity index (χ4v) is 2.87. The van der Waals surface area contributed by atoms with Crippen molar-refractivity contribution in [2.75, 3.05) is 26.2 Å². The van der Waals surface area contributed by atoms with Crippen LogP contribution in [0.2, 0.25) is 5.02 Å². The van der Waals surface area contributed by atoms with E-state index in [4.69, 9.17) is 11.6 Å². The molecule has 1 aromatic carbocycles. The Morgan fingerprint density at radius 1 is 1.10 bits per heavy atom. The summed E-state index contributed by atoms with van der Waals surface area (Å²) in [5, 5.41) is 3.71. The van der Waals surface area contributed by atoms with Crippen molar-refractivity contribution in [3.8, 4) is 0 Å². The van der Waals surface area contributed by atoms with Gasteiger partial charge in [0.15, 0.2) is 0 Å². The molecule has 1 heterocycles. The molecule has 1 aliphatic rings. The monoisotopic (exact) mass is 308 g/mol. The van der Waals surface area contributed by atoms with Gasteiger partial charge in [-0.3, -0.25) is 4.79 Å². The van der Waals surface area contributed by atoms with Crippen molar-refractivity contribution in [2.24, 2.45) is 0 Å². The first-order valence-electron chi connectivity index (χ1n) is 7.97. The SMILES string of the molecule is O=C(Cc1ccc(Cl)cc1)NCCCN1CCCCCC1. The lowest BCUT2D eigenvalue weighted by atomic mass is 10.1. The van der Waals surface area contributed by atoms with Crippen LogP contribution in [0.3, 0.4) is 0 Å². The summed E-state index contributed by atoms with van der Waals surface area (Å²) >= 11 is 5.83. The topological polar surface area (TPSA) is 32.3 Å². The van der Waals surface area contributed by atoms with Gasteiger partial charge in [0.05, 0.1) is 6.42 Å². The zero-order valence-electron chi connectivity index (χ0n) is 12.6. The Hall–Kier alpha value is -1.06. The standard InChI is InChI=1S/C17H25ClN2O/c18-16-8-6-15(7-9-16)14-17(21)19-10-5-13-20-11-3-1-2-4-12-20/h6-9H,1-5,10-14H2,(H,19,21). The van der Waals surface area contributed by atoms with Gasteiger partial charge in [0.2, 0.25) is 5.91 Å². The number of nitrogens with one attached hydrogen (secondary N) is 1. The second-order valence-corrected chi connectivity index (χ2v) is 6.20. The van der Waals surface area contributed by atoms with Gasteiger partial charge >= 0.3 is 0 Å². The maximum absolute atomic E-state index is 11.8. The van der Waals surface area contributed by atoms with Crippen molar-refractivity contribution in [2.45, 2.75) is 38.5 Å². The predicted octanol–water partition coefficient (Wildman–Crippen LogP) is 3.26. The molecule has 0 spiro atoms. The summed E-state index contributed by atoms with van der Waals surface area (Å²) in [6.07, 6.45) is 6.85. The average molecular weight is 309 g/mol. The minimum Gasteiger partial charge on any atom is -0.356 e. The Morgan fingerprint density at radius 3 is 2.43 bits per heavy atom. The molecule has 116 valence electrons. The molecule has 0 unspecified atom stereocenters. The molecule has 0 atom stereocenters. The van der Waals surface area contributed by atoms with E-state index in [0.717, 1.165) is 25.1 Å². The largest absolute Gasteiger partial charge is 0.356 e. The molecule has 1 amide bonds. The van der Waals surface area contributed by atoms with Crippen molar-refractivity contribution in [1.29, 1.82) is 0 Å². The minimum absolute atomic E-state index is 0.0909. The lowest BCUT2D eigenvalue weighted by molar-refractivity contribution is -0.120. The molecule has 0 bridgehead atoms. The van der Waals surface area contributed by atoms with Crippen LogP contribution in [0.4, 0.5) is 0 Å². The number of halogens is 1. The van der Waals surface area contributed by atoms with Crippen LogP contribution in [-0.4, -0.2) is 37.0 Å². The maximum atomic E-state index is 11.8. The molecule has 0 aromatic heterocycles. The van der Waals surface area contributed by atoms with E-state index in [2.05, 4.69) is 10.2 Å². The van der Waals surface area contributed by atoms with E-state index in [1.807, 2.05) is 24.3 Å². The van der Waals surface area contributed by atoms with Crippen LogP contribution in [0.25, 0.3) is 0 Å². The highest BCUT2D eigenvalue weighted by Crippen LogP contribution is 2.10. The first-order valence-corrected chi connectivity index (χ1v) is 8.35. The normalized spacial score (nSPS) is 16.4. The number of hydrogen-bond acceptors (Lipinski definition) is 2. The highest BCUT2D eigenvalue weighted by Gasteiger charge is 2.08. The molecule has 3 nitrogen and oxygen atoms in total. The van der Waals surface area contributed by atoms with E-state index in [1.165, 1.54) is 38.8 Å². The van der Waals surface area contributed by atoms with E-state index in [1.54, 1.807) is 0 Å². The zero-order valence-corrected chi connectivity index (χ0v) is 13.4. The summed E-state index contributed by atoms with van der Waals surface area (Å²) in [6.45, 7) is 4.31. The van der Waals surface area contributed by atoms with Crippen LogP contribution < -0.4 is 5.32 Å². The predicted molar refractivity (Wildman–Crippen MR) is 87.7 cm³/mol. The van der Waals surface area contributed by atoms with Crippen molar-refractivity contribution >= 4 is 17.5 Å². The molecule has 0 aliphatic carbocycles. The third-order valence-electron chi connectivity index (χ3n) is 3.95. The van der Waals surface area contributed by atoms with Gasteiger partial charge in [0, 0.05) is 11.6 Å². The highest BCUT2D eigenvalue weighted by atomic mass is 35.5. The van der Waals surface area contributed by atoms with E-state index < -0.39 is 0 Å². The molecule has 0 saturated carbocycles. The Morgan fingerprint density at radius 2 is 1.76 bits per heavy atom. The Bertz CT molecular complexity index is 425. The van der Waals surface area contributed by atoms with E-state index in [9.17, 15) is 4.79 Å². The summed E-state index contributed by atoms with van der Waals surface area (Å²) in [4.78, 5) is 14.4. The lowest BCUT2D eigenvalue weighted by Crippen LogP contribution is -2.31. The first-order chi connectivity index (χ1) is 10.2. The van der Waals surface area contributed by atoms with Gasteiger partial charge in [0.1, 0.15) is 0 Å². The molecule has 2 rings (SSSR count). The quantitative estimate of drug-likeness (QED) is 0.818. The van der Waals surface area contributed by atoms with Gasteiger partial charge in [-0.15, -0.1) is 0 Å². The molecule has 1 fully saturated rings. The summed E-state index contributed by atoms with van der Waals surface area (Å²) in [7, 11) is 0. The number of carbonyl (C=O) groups is 1. The van der Waals surface area contributed by atoms with Crippen LogP contribution in [-0.2, 0) is 11.2 Å². The summed E-state index contributed by atoms with van der Waals surface area (Å²) in [5.41, 5.74) is 1.00. The molecule has 1 saturated heterocycles. The smallest absolute Gasteiger partial charge is 0.224 e. The van der Waals surface area contributed by atoms with E-state index in [0.29, 0.717) is 11.4 Å². The second kappa shape index (κ2) is 9.06. The summed E-state index contributed by atoms with van der Waals surface area (Å²) in [5.74, 6) is 0.0909. The number of carbonyl (C=O) groups excluding carboxylic acids is 1. The molecule has 1 N–H and O–H groups in total. The zero-order chi connectivity index (χ0) is 14.9. The molecule has 0 radical (unpaired) electrons. The van der Waals surface area contributed by atoms with Gasteiger partial charge in [0.25, 0.3) is 0 Å². The van der Waals surface area contributed by atoms with Crippen LogP contribution in [0, 0.1) is 0 Å². The Balaban J connectivity index is 1.59. The van der Waals surface area contributed by atoms with Gasteiger partial charge in [-0.25, -0.2) is 0 Å².